The molecule has 7 nitrogen and oxygen atoms in total. The fourth-order valence-corrected chi connectivity index (χ4v) is 4.30. The van der Waals surface area contributed by atoms with E-state index in [2.05, 4.69) is 0 Å². The summed E-state index contributed by atoms with van der Waals surface area (Å²) in [5.41, 5.74) is -0.833. The molecule has 11 heteroatoms. The van der Waals surface area contributed by atoms with E-state index in [0.29, 0.717) is 4.90 Å². The number of benzene rings is 2. The number of carboxylic acids is 1. The molecule has 0 fully saturated rings. The molecule has 0 radical (unpaired) electrons. The van der Waals surface area contributed by atoms with Crippen LogP contribution in [0.25, 0.3) is 0 Å². The molecule has 0 bridgehead atoms. The molecule has 2 amide bonds. The minimum atomic E-state index is -1.34. The van der Waals surface area contributed by atoms with Crippen molar-refractivity contribution in [2.75, 3.05) is 12.0 Å². The maximum atomic E-state index is 14.6. The molecule has 33 heavy (non-hydrogen) atoms. The highest BCUT2D eigenvalue weighted by Gasteiger charge is 2.38. The summed E-state index contributed by atoms with van der Waals surface area (Å²) in [5.74, 6) is -6.16. The molecule has 1 aliphatic heterocycles. The maximum Gasteiger partial charge on any atom is 0.346 e. The first kappa shape index (κ1) is 22.3. The lowest BCUT2D eigenvalue weighted by atomic mass is 10.0. The van der Waals surface area contributed by atoms with Crippen LogP contribution in [0.3, 0.4) is 0 Å². The van der Waals surface area contributed by atoms with Crippen molar-refractivity contribution in [1.29, 1.82) is 0 Å². The van der Waals surface area contributed by atoms with E-state index in [1.807, 2.05) is 0 Å². The number of fused-ring (bicyclic) bond motifs is 1. The fourth-order valence-electron chi connectivity index (χ4n) is 3.40. The zero-order valence-electron chi connectivity index (χ0n) is 16.9. The molecule has 0 aliphatic carbocycles. The van der Waals surface area contributed by atoms with Gasteiger partial charge >= 0.3 is 5.97 Å². The molecule has 1 aromatic heterocycles. The molecule has 0 saturated carbocycles. The lowest BCUT2D eigenvalue weighted by Crippen LogP contribution is -2.43. The van der Waals surface area contributed by atoms with Crippen LogP contribution in [0.5, 0.6) is 11.5 Å². The molecule has 0 saturated heterocycles. The van der Waals surface area contributed by atoms with E-state index in [1.54, 1.807) is 0 Å². The molecular weight excluding hydrogens is 463 g/mol. The third kappa shape index (κ3) is 3.91. The average molecular weight is 477 g/mol. The second kappa shape index (κ2) is 8.58. The Bertz CT molecular complexity index is 1310. The molecule has 0 spiro atoms. The van der Waals surface area contributed by atoms with Gasteiger partial charge in [-0.1, -0.05) is 0 Å². The summed E-state index contributed by atoms with van der Waals surface area (Å²) in [6, 6.07) is 5.22. The molecule has 3 aromatic rings. The minimum absolute atomic E-state index is 0.0804. The van der Waals surface area contributed by atoms with E-state index in [9.17, 15) is 32.7 Å². The summed E-state index contributed by atoms with van der Waals surface area (Å²) < 4.78 is 53.2. The van der Waals surface area contributed by atoms with Gasteiger partial charge in [-0.3, -0.25) is 9.59 Å². The number of anilines is 1. The van der Waals surface area contributed by atoms with Crippen molar-refractivity contribution in [2.45, 2.75) is 13.0 Å². The van der Waals surface area contributed by atoms with Gasteiger partial charge in [0.2, 0.25) is 5.91 Å². The first-order valence-corrected chi connectivity index (χ1v) is 10.2. The number of carbonyl (C=O) groups excluding carboxylic acids is 2. The summed E-state index contributed by atoms with van der Waals surface area (Å²) in [5, 5.41) is 10.7. The van der Waals surface area contributed by atoms with E-state index in [4.69, 9.17) is 9.47 Å². The summed E-state index contributed by atoms with van der Waals surface area (Å²) in [7, 11) is 1.22. The second-order valence-electron chi connectivity index (χ2n) is 6.93. The molecule has 2 aromatic carbocycles. The highest BCUT2D eigenvalue weighted by molar-refractivity contribution is 7.12. The van der Waals surface area contributed by atoms with Gasteiger partial charge < -0.3 is 14.6 Å². The standard InChI is InChI=1S/C22H14F3NO6S/c1-31-16-5-4-13(23)12(19(16)25)8-32-11-2-3-14(24)15(7-11)26-17(27)6-10-9-33-20(22(29)30)18(10)21(26)28/h2-5,7,9H,6,8H2,1H3,(H,29,30). The smallest absolute Gasteiger partial charge is 0.346 e. The number of halogens is 3. The number of carbonyl (C=O) groups is 3. The number of amides is 2. The molecule has 1 aliphatic rings. The largest absolute Gasteiger partial charge is 0.494 e. The molecular formula is C22H14F3NO6S. The lowest BCUT2D eigenvalue weighted by molar-refractivity contribution is -0.117. The Kier molecular flexibility index (Phi) is 5.81. The molecule has 0 unspecified atom stereocenters. The molecule has 4 rings (SSSR count). The van der Waals surface area contributed by atoms with Crippen molar-refractivity contribution in [3.63, 3.8) is 0 Å². The van der Waals surface area contributed by atoms with Crippen molar-refractivity contribution >= 4 is 34.8 Å². The number of hydrogen-bond donors (Lipinski definition) is 1. The normalized spacial score (nSPS) is 13.2. The van der Waals surface area contributed by atoms with Crippen molar-refractivity contribution in [2.24, 2.45) is 0 Å². The summed E-state index contributed by atoms with van der Waals surface area (Å²) in [4.78, 5) is 37.3. The minimum Gasteiger partial charge on any atom is -0.494 e. The number of methoxy groups -OCH3 is 1. The first-order valence-electron chi connectivity index (χ1n) is 9.37. The monoisotopic (exact) mass is 477 g/mol. The van der Waals surface area contributed by atoms with E-state index in [0.717, 1.165) is 41.7 Å². The Morgan fingerprint density at radius 2 is 1.88 bits per heavy atom. The SMILES string of the molecule is COc1ccc(F)c(COc2ccc(F)c(N3C(=O)Cc4csc(C(=O)O)c4C3=O)c2)c1F. The Labute approximate surface area is 188 Å². The fraction of sp³-hybridized carbons (Fsp3) is 0.136. The van der Waals surface area contributed by atoms with E-state index < -0.39 is 53.1 Å². The van der Waals surface area contributed by atoms with Crippen LogP contribution in [-0.4, -0.2) is 30.0 Å². The van der Waals surface area contributed by atoms with Crippen LogP contribution < -0.4 is 14.4 Å². The summed E-state index contributed by atoms with van der Waals surface area (Å²) in [6.07, 6.45) is -0.296. The quantitative estimate of drug-likeness (QED) is 0.536. The molecule has 0 atom stereocenters. The van der Waals surface area contributed by atoms with E-state index in [1.165, 1.54) is 12.5 Å². The van der Waals surface area contributed by atoms with E-state index >= 15 is 0 Å². The predicted octanol–water partition coefficient (Wildman–Crippen LogP) is 4.18. The van der Waals surface area contributed by atoms with Gasteiger partial charge in [0.1, 0.15) is 28.9 Å². The Morgan fingerprint density at radius 3 is 2.58 bits per heavy atom. The second-order valence-corrected chi connectivity index (χ2v) is 7.81. The number of rotatable bonds is 6. The van der Waals surface area contributed by atoms with Crippen LogP contribution in [-0.2, 0) is 17.8 Å². The maximum absolute atomic E-state index is 14.6. The van der Waals surface area contributed by atoms with Gasteiger partial charge in [-0.25, -0.2) is 22.9 Å². The summed E-state index contributed by atoms with van der Waals surface area (Å²) in [6.45, 7) is -0.584. The lowest BCUT2D eigenvalue weighted by Gasteiger charge is -2.26. The van der Waals surface area contributed by atoms with Crippen molar-refractivity contribution in [3.8, 4) is 11.5 Å². The van der Waals surface area contributed by atoms with Gasteiger partial charge in [0.05, 0.1) is 30.3 Å². The van der Waals surface area contributed by atoms with Crippen molar-refractivity contribution in [3.05, 3.63) is 74.7 Å². The number of hydrogen-bond acceptors (Lipinski definition) is 6. The molecule has 2 heterocycles. The van der Waals surface area contributed by atoms with Gasteiger partial charge in [-0.15, -0.1) is 11.3 Å². The Morgan fingerprint density at radius 1 is 1.15 bits per heavy atom. The van der Waals surface area contributed by atoms with Gasteiger partial charge in [0.15, 0.2) is 11.6 Å². The van der Waals surface area contributed by atoms with Crippen molar-refractivity contribution in [1.82, 2.24) is 0 Å². The highest BCUT2D eigenvalue weighted by atomic mass is 32.1. The number of carboxylic acid groups (broad SMARTS) is 1. The summed E-state index contributed by atoms with van der Waals surface area (Å²) >= 11 is 0.796. The topological polar surface area (TPSA) is 93.1 Å². The number of aromatic carboxylic acids is 1. The number of thiophene rings is 1. The van der Waals surface area contributed by atoms with Crippen LogP contribution in [0.15, 0.2) is 35.7 Å². The highest BCUT2D eigenvalue weighted by Crippen LogP contribution is 2.34. The average Bonchev–Trinajstić information content (AvgIpc) is 3.20. The van der Waals surface area contributed by atoms with Crippen LogP contribution >= 0.6 is 11.3 Å². The zero-order chi connectivity index (χ0) is 23.9. The van der Waals surface area contributed by atoms with Crippen LogP contribution in [0.4, 0.5) is 18.9 Å². The van der Waals surface area contributed by atoms with Crippen LogP contribution in [0.2, 0.25) is 0 Å². The predicted molar refractivity (Wildman–Crippen MR) is 110 cm³/mol. The third-order valence-corrected chi connectivity index (χ3v) is 6.00. The van der Waals surface area contributed by atoms with Gasteiger partial charge in [0.25, 0.3) is 5.91 Å². The first-order chi connectivity index (χ1) is 15.7. The molecule has 170 valence electrons. The third-order valence-electron chi connectivity index (χ3n) is 4.98. The van der Waals surface area contributed by atoms with Crippen LogP contribution in [0, 0.1) is 17.5 Å². The van der Waals surface area contributed by atoms with Gasteiger partial charge in [-0.05, 0) is 35.2 Å². The van der Waals surface area contributed by atoms with E-state index in [-0.39, 0.29) is 33.9 Å². The molecule has 1 N–H and O–H groups in total. The van der Waals surface area contributed by atoms with Gasteiger partial charge in [-0.2, -0.15) is 0 Å². The zero-order valence-corrected chi connectivity index (χ0v) is 17.7. The number of imide groups is 1. The van der Waals surface area contributed by atoms with Gasteiger partial charge in [0, 0.05) is 6.07 Å². The number of nitrogens with zero attached hydrogens (tertiary/aromatic N) is 1. The Hall–Kier alpha value is -3.86. The number of ether oxygens (including phenoxy) is 2. The Balaban J connectivity index is 1.66. The van der Waals surface area contributed by atoms with Crippen molar-refractivity contribution < 1.29 is 42.1 Å². The van der Waals surface area contributed by atoms with Crippen LogP contribution in [0.1, 0.15) is 31.2 Å².